The Balaban J connectivity index is 3.16. The van der Waals surface area contributed by atoms with E-state index in [4.69, 9.17) is 4.74 Å². The van der Waals surface area contributed by atoms with E-state index in [2.05, 4.69) is 4.98 Å². The topological polar surface area (TPSA) is 39.2 Å². The van der Waals surface area contributed by atoms with Gasteiger partial charge in [-0.3, -0.25) is 4.79 Å². The first-order valence-corrected chi connectivity index (χ1v) is 4.00. The van der Waals surface area contributed by atoms with Crippen LogP contribution in [0.5, 0.6) is 5.75 Å². The third kappa shape index (κ3) is 1.89. The minimum atomic E-state index is 0.514. The van der Waals surface area contributed by atoms with E-state index in [0.29, 0.717) is 11.3 Å². The van der Waals surface area contributed by atoms with Gasteiger partial charge in [0, 0.05) is 0 Å². The fourth-order valence-electron chi connectivity index (χ4n) is 0.694. The zero-order valence-corrected chi connectivity index (χ0v) is 8.03. The molecule has 0 atom stereocenters. The van der Waals surface area contributed by atoms with Crippen LogP contribution in [-0.4, -0.2) is 18.4 Å². The number of hydrogen-bond donors (Lipinski definition) is 0. The zero-order chi connectivity index (χ0) is 8.27. The molecule has 0 saturated carbocycles. The number of rotatable bonds is 2. The third-order valence-corrected chi connectivity index (χ3v) is 1.80. The molecule has 3 nitrogen and oxygen atoms in total. The van der Waals surface area contributed by atoms with Gasteiger partial charge in [0.15, 0.2) is 6.29 Å². The summed E-state index contributed by atoms with van der Waals surface area (Å²) in [6.45, 7) is 0. The number of ether oxygens (including phenoxy) is 1. The Morgan fingerprint density at radius 1 is 1.73 bits per heavy atom. The second-order valence-electron chi connectivity index (χ2n) is 1.87. The zero-order valence-electron chi connectivity index (χ0n) is 5.87. The Bertz CT molecular complexity index is 275. The molecule has 0 aliphatic heterocycles. The number of carbonyl (C=O) groups is 1. The number of aldehydes is 1. The smallest absolute Gasteiger partial charge is 0.153 e. The Hall–Kier alpha value is -0.650. The number of aromatic nitrogens is 1. The van der Waals surface area contributed by atoms with Crippen molar-refractivity contribution in [2.45, 2.75) is 0 Å². The number of nitrogens with zero attached hydrogens (tertiary/aromatic N) is 1. The Morgan fingerprint density at radius 2 is 2.45 bits per heavy atom. The Morgan fingerprint density at radius 3 is 3.00 bits per heavy atom. The maximum absolute atomic E-state index is 10.4. The van der Waals surface area contributed by atoms with Gasteiger partial charge in [0.25, 0.3) is 0 Å². The molecule has 0 saturated heterocycles. The molecule has 0 N–H and O–H groups in total. The van der Waals surface area contributed by atoms with E-state index in [-0.39, 0.29) is 0 Å². The van der Waals surface area contributed by atoms with Gasteiger partial charge in [-0.15, -0.1) is 0 Å². The van der Waals surface area contributed by atoms with Crippen LogP contribution in [0.15, 0.2) is 12.3 Å². The molecule has 1 aromatic rings. The van der Waals surface area contributed by atoms with Gasteiger partial charge in [-0.05, 0) is 28.7 Å². The average Bonchev–Trinajstić information content (AvgIpc) is 2.04. The van der Waals surface area contributed by atoms with Crippen molar-refractivity contribution in [2.75, 3.05) is 7.11 Å². The lowest BCUT2D eigenvalue weighted by molar-refractivity contribution is 0.112. The molecular weight excluding hydrogens is 257 g/mol. The quantitative estimate of drug-likeness (QED) is 0.461. The summed E-state index contributed by atoms with van der Waals surface area (Å²) in [5.41, 5.74) is 0.534. The van der Waals surface area contributed by atoms with E-state index in [9.17, 15) is 4.79 Å². The van der Waals surface area contributed by atoms with Crippen molar-refractivity contribution in [1.82, 2.24) is 4.98 Å². The molecule has 0 radical (unpaired) electrons. The molecule has 0 aliphatic rings. The van der Waals surface area contributed by atoms with E-state index >= 15 is 0 Å². The van der Waals surface area contributed by atoms with Gasteiger partial charge in [0.2, 0.25) is 0 Å². The predicted molar refractivity (Wildman–Crippen MR) is 48.9 cm³/mol. The summed E-state index contributed by atoms with van der Waals surface area (Å²) in [5.74, 6) is 0.514. The maximum atomic E-state index is 10.4. The van der Waals surface area contributed by atoms with Crippen molar-refractivity contribution in [1.29, 1.82) is 0 Å². The van der Waals surface area contributed by atoms with E-state index in [0.717, 1.165) is 9.99 Å². The fraction of sp³-hybridized carbons (Fsp3) is 0.143. The second kappa shape index (κ2) is 3.66. The lowest BCUT2D eigenvalue weighted by Gasteiger charge is -2.01. The number of hydrogen-bond acceptors (Lipinski definition) is 3. The minimum absolute atomic E-state index is 0.514. The minimum Gasteiger partial charge on any atom is -0.494 e. The molecule has 0 amide bonds. The third-order valence-electron chi connectivity index (χ3n) is 1.21. The van der Waals surface area contributed by atoms with Crippen LogP contribution in [0.2, 0.25) is 0 Å². The van der Waals surface area contributed by atoms with Crippen LogP contribution in [0.25, 0.3) is 0 Å². The standard InChI is InChI=1S/C7H6INO2/c1-11-6-3-9-7(8)2-5(6)4-10/h2-4H,1H3. The molecular formula is C7H6INO2. The van der Waals surface area contributed by atoms with Crippen LogP contribution < -0.4 is 4.74 Å². The summed E-state index contributed by atoms with van der Waals surface area (Å²) in [7, 11) is 1.51. The van der Waals surface area contributed by atoms with Crippen LogP contribution in [0.1, 0.15) is 10.4 Å². The van der Waals surface area contributed by atoms with Gasteiger partial charge in [-0.2, -0.15) is 0 Å². The van der Waals surface area contributed by atoms with Gasteiger partial charge >= 0.3 is 0 Å². The summed E-state index contributed by atoms with van der Waals surface area (Å²) < 4.78 is 5.68. The van der Waals surface area contributed by atoms with Gasteiger partial charge in [0.1, 0.15) is 9.45 Å². The van der Waals surface area contributed by atoms with E-state index in [1.807, 2.05) is 22.6 Å². The maximum Gasteiger partial charge on any atom is 0.153 e. The van der Waals surface area contributed by atoms with Crippen molar-refractivity contribution in [2.24, 2.45) is 0 Å². The van der Waals surface area contributed by atoms with Crippen molar-refractivity contribution in [3.8, 4) is 5.75 Å². The molecule has 0 bridgehead atoms. The van der Waals surface area contributed by atoms with Crippen LogP contribution in [-0.2, 0) is 0 Å². The predicted octanol–water partition coefficient (Wildman–Crippen LogP) is 1.51. The highest BCUT2D eigenvalue weighted by Crippen LogP contribution is 2.15. The summed E-state index contributed by atoms with van der Waals surface area (Å²) in [6, 6.07) is 1.67. The highest BCUT2D eigenvalue weighted by Gasteiger charge is 2.01. The van der Waals surface area contributed by atoms with Crippen molar-refractivity contribution < 1.29 is 9.53 Å². The molecule has 0 fully saturated rings. The average molecular weight is 263 g/mol. The number of halogens is 1. The molecule has 0 unspecified atom stereocenters. The fourth-order valence-corrected chi connectivity index (χ4v) is 1.17. The molecule has 1 heterocycles. The van der Waals surface area contributed by atoms with Gasteiger partial charge in [-0.25, -0.2) is 4.98 Å². The lowest BCUT2D eigenvalue weighted by Crippen LogP contribution is -1.92. The van der Waals surface area contributed by atoms with E-state index in [1.54, 1.807) is 6.07 Å². The molecule has 4 heteroatoms. The monoisotopic (exact) mass is 263 g/mol. The van der Waals surface area contributed by atoms with Crippen molar-refractivity contribution in [3.63, 3.8) is 0 Å². The molecule has 1 aromatic heterocycles. The van der Waals surface area contributed by atoms with Crippen LogP contribution in [0, 0.1) is 3.70 Å². The first-order valence-electron chi connectivity index (χ1n) is 2.92. The first-order chi connectivity index (χ1) is 5.27. The van der Waals surface area contributed by atoms with Gasteiger partial charge < -0.3 is 4.74 Å². The van der Waals surface area contributed by atoms with Crippen LogP contribution in [0.3, 0.4) is 0 Å². The summed E-state index contributed by atoms with van der Waals surface area (Å²) in [5, 5.41) is 0. The summed E-state index contributed by atoms with van der Waals surface area (Å²) in [6.07, 6.45) is 2.29. The van der Waals surface area contributed by atoms with Crippen LogP contribution >= 0.6 is 22.6 Å². The summed E-state index contributed by atoms with van der Waals surface area (Å²) >= 11 is 2.04. The Kier molecular flexibility index (Phi) is 2.81. The van der Waals surface area contributed by atoms with E-state index < -0.39 is 0 Å². The van der Waals surface area contributed by atoms with Gasteiger partial charge in [0.05, 0.1) is 18.9 Å². The molecule has 0 spiro atoms. The molecule has 58 valence electrons. The first kappa shape index (κ1) is 8.45. The normalized spacial score (nSPS) is 9.27. The lowest BCUT2D eigenvalue weighted by atomic mass is 10.3. The Labute approximate surface area is 77.9 Å². The molecule has 1 rings (SSSR count). The molecule has 0 aromatic carbocycles. The number of methoxy groups -OCH3 is 1. The number of pyridine rings is 1. The van der Waals surface area contributed by atoms with Crippen molar-refractivity contribution >= 4 is 28.9 Å². The highest BCUT2D eigenvalue weighted by atomic mass is 127. The molecule has 11 heavy (non-hydrogen) atoms. The molecule has 0 aliphatic carbocycles. The van der Waals surface area contributed by atoms with Crippen molar-refractivity contribution in [3.05, 3.63) is 21.5 Å². The van der Waals surface area contributed by atoms with Gasteiger partial charge in [-0.1, -0.05) is 0 Å². The SMILES string of the molecule is COc1cnc(I)cc1C=O. The largest absolute Gasteiger partial charge is 0.494 e. The van der Waals surface area contributed by atoms with Crippen LogP contribution in [0.4, 0.5) is 0 Å². The summed E-state index contributed by atoms with van der Waals surface area (Å²) in [4.78, 5) is 14.4. The van der Waals surface area contributed by atoms with E-state index in [1.165, 1.54) is 13.3 Å². The highest BCUT2D eigenvalue weighted by molar-refractivity contribution is 14.1. The second-order valence-corrected chi connectivity index (χ2v) is 2.97. The number of carbonyl (C=O) groups excluding carboxylic acids is 1.